The molecule has 0 spiro atoms. The number of hydrogen-bond donors (Lipinski definition) is 1. The van der Waals surface area contributed by atoms with Crippen LogP contribution in [0.2, 0.25) is 0 Å². The van der Waals surface area contributed by atoms with Crippen molar-refractivity contribution in [3.05, 3.63) is 172 Å². The number of unbranched alkanes of at least 4 members (excludes halogenated alkanes) is 1. The Kier molecular flexibility index (Phi) is 13.4. The number of fused-ring (bicyclic) bond motifs is 1. The van der Waals surface area contributed by atoms with E-state index in [0.717, 1.165) is 6.42 Å². The van der Waals surface area contributed by atoms with Gasteiger partial charge in [-0.05, 0) is 67.1 Å². The topological polar surface area (TPSA) is 183 Å². The summed E-state index contributed by atoms with van der Waals surface area (Å²) in [5.41, 5.74) is -0.449. The van der Waals surface area contributed by atoms with Crippen LogP contribution in [0.4, 0.5) is 0 Å². The molecule has 0 amide bonds. The first-order chi connectivity index (χ1) is 29.7. The highest BCUT2D eigenvalue weighted by atomic mass is 16.7. The Morgan fingerprint density at radius 2 is 1.11 bits per heavy atom. The average Bonchev–Trinajstić information content (AvgIpc) is 3.29. The van der Waals surface area contributed by atoms with E-state index in [0.29, 0.717) is 6.42 Å². The van der Waals surface area contributed by atoms with Crippen LogP contribution in [-0.4, -0.2) is 72.9 Å². The number of aromatic hydroxyl groups is 1. The predicted molar refractivity (Wildman–Crippen MR) is 218 cm³/mol. The molecule has 1 aromatic heterocycles. The van der Waals surface area contributed by atoms with E-state index in [1.54, 1.807) is 84.9 Å². The summed E-state index contributed by atoms with van der Waals surface area (Å²) in [5.74, 6) is -4.16. The molecule has 0 unspecified atom stereocenters. The van der Waals surface area contributed by atoms with Gasteiger partial charge in [-0.25, -0.2) is 24.0 Å². The Morgan fingerprint density at radius 1 is 0.623 bits per heavy atom. The molecular weight excluding hydrogens is 789 g/mol. The quantitative estimate of drug-likeness (QED) is 0.0470. The maximum Gasteiger partial charge on any atom is 0.383 e. The molecule has 5 atom stereocenters. The summed E-state index contributed by atoms with van der Waals surface area (Å²) < 4.78 is 47.7. The largest absolute Gasteiger partial charge is 0.504 e. The zero-order valence-corrected chi connectivity index (χ0v) is 32.7. The van der Waals surface area contributed by atoms with Gasteiger partial charge in [-0.1, -0.05) is 86.1 Å². The minimum atomic E-state index is -1.68. The van der Waals surface area contributed by atoms with E-state index in [9.17, 15) is 29.1 Å². The first-order valence-corrected chi connectivity index (χ1v) is 19.4. The van der Waals surface area contributed by atoms with E-state index in [1.807, 2.05) is 6.92 Å². The zero-order valence-electron chi connectivity index (χ0n) is 32.7. The van der Waals surface area contributed by atoms with Crippen LogP contribution < -0.4 is 15.1 Å². The summed E-state index contributed by atoms with van der Waals surface area (Å²) in [7, 11) is 0. The van der Waals surface area contributed by atoms with Crippen LogP contribution in [0.5, 0.6) is 17.2 Å². The molecule has 1 aliphatic rings. The van der Waals surface area contributed by atoms with Crippen LogP contribution in [0.25, 0.3) is 11.0 Å². The molecule has 2 heterocycles. The fourth-order valence-corrected chi connectivity index (χ4v) is 6.42. The molecule has 1 saturated heterocycles. The average molecular weight is 829 g/mol. The molecule has 61 heavy (non-hydrogen) atoms. The summed E-state index contributed by atoms with van der Waals surface area (Å²) in [6.45, 7) is 1.56. The van der Waals surface area contributed by atoms with Gasteiger partial charge in [-0.2, -0.15) is 0 Å². The number of esters is 4. The van der Waals surface area contributed by atoms with E-state index in [-0.39, 0.29) is 51.3 Å². The lowest BCUT2D eigenvalue weighted by Crippen LogP contribution is -2.63. The van der Waals surface area contributed by atoms with Crippen molar-refractivity contribution in [1.82, 2.24) is 0 Å². The molecule has 1 N–H and O–H groups in total. The Labute approximate surface area is 349 Å². The van der Waals surface area contributed by atoms with Gasteiger partial charge < -0.3 is 42.7 Å². The Bertz CT molecular complexity index is 2510. The Balaban J connectivity index is 1.31. The van der Waals surface area contributed by atoms with Gasteiger partial charge in [0, 0.05) is 6.07 Å². The smallest absolute Gasteiger partial charge is 0.383 e. The van der Waals surface area contributed by atoms with Crippen molar-refractivity contribution in [2.75, 3.05) is 13.2 Å². The minimum absolute atomic E-state index is 0.0200. The van der Waals surface area contributed by atoms with Gasteiger partial charge in [-0.3, -0.25) is 0 Å². The van der Waals surface area contributed by atoms with E-state index in [4.69, 9.17) is 37.6 Å². The Hall–Kier alpha value is -7.45. The molecule has 0 saturated carbocycles. The van der Waals surface area contributed by atoms with Crippen LogP contribution in [0.3, 0.4) is 0 Å². The van der Waals surface area contributed by atoms with Crippen molar-refractivity contribution >= 4 is 34.8 Å². The fraction of sp³-hybridized carbons (Fsp3) is 0.213. The van der Waals surface area contributed by atoms with Gasteiger partial charge in [0.25, 0.3) is 0 Å². The molecule has 14 heteroatoms. The molecule has 6 aromatic rings. The molecule has 5 aromatic carbocycles. The third kappa shape index (κ3) is 10.1. The van der Waals surface area contributed by atoms with Crippen molar-refractivity contribution in [3.63, 3.8) is 0 Å². The summed E-state index contributed by atoms with van der Waals surface area (Å²) in [6, 6.07) is 36.1. The summed E-state index contributed by atoms with van der Waals surface area (Å²) in [4.78, 5) is 67.7. The minimum Gasteiger partial charge on any atom is -0.504 e. The van der Waals surface area contributed by atoms with Crippen LogP contribution in [0, 0.1) is 0 Å². The summed E-state index contributed by atoms with van der Waals surface area (Å²) in [6.07, 6.45) is -6.60. The standard InChI is InChI=1S/C47H40O14/c1-2-3-26-54-39-37(48)34-25-24-33(27-35(34)57-46(39)53)56-47-41(61-45(52)32-22-14-7-15-23-32)40(60-44(51)31-20-12-6-13-21-31)38(59-43(50)30-18-10-5-11-19-30)36(58-47)28-55-42(49)29-16-8-4-9-17-29/h4-25,27,36,38,40-41,47-48H,2-3,26,28H2,1H3/t36-,38-,40+,41+,47+/m1/s1. The van der Waals surface area contributed by atoms with Gasteiger partial charge in [-0.15, -0.1) is 0 Å². The van der Waals surface area contributed by atoms with Crippen LogP contribution in [0.15, 0.2) is 149 Å². The van der Waals surface area contributed by atoms with Gasteiger partial charge in [0.05, 0.1) is 34.2 Å². The number of ether oxygens (including phenoxy) is 7. The van der Waals surface area contributed by atoms with Gasteiger partial charge >= 0.3 is 29.5 Å². The second-order valence-corrected chi connectivity index (χ2v) is 13.8. The lowest BCUT2D eigenvalue weighted by Gasteiger charge is -2.44. The SMILES string of the molecule is CCCCOc1c(O)c2ccc(O[C@H]3O[C@H](COC(=O)c4ccccc4)[C@@H](OC(=O)c4ccccc4)[C@H](OC(=O)c4ccccc4)[C@@H]3OC(=O)c3ccccc3)cc2oc1=O. The van der Waals surface area contributed by atoms with E-state index in [2.05, 4.69) is 0 Å². The molecule has 7 rings (SSSR count). The molecule has 1 aliphatic heterocycles. The maximum atomic E-state index is 13.9. The third-order valence-corrected chi connectivity index (χ3v) is 9.55. The molecule has 14 nitrogen and oxygen atoms in total. The van der Waals surface area contributed by atoms with Crippen LogP contribution in [0.1, 0.15) is 61.2 Å². The molecule has 0 aliphatic carbocycles. The van der Waals surface area contributed by atoms with Gasteiger partial charge in [0.15, 0.2) is 18.0 Å². The molecule has 0 radical (unpaired) electrons. The number of carbonyl (C=O) groups excluding carboxylic acids is 4. The van der Waals surface area contributed by atoms with Crippen molar-refractivity contribution < 1.29 is 61.9 Å². The Morgan fingerprint density at radius 3 is 1.64 bits per heavy atom. The van der Waals surface area contributed by atoms with Crippen LogP contribution >= 0.6 is 0 Å². The van der Waals surface area contributed by atoms with E-state index < -0.39 is 72.6 Å². The van der Waals surface area contributed by atoms with E-state index in [1.165, 1.54) is 54.6 Å². The zero-order chi connectivity index (χ0) is 42.7. The van der Waals surface area contributed by atoms with Gasteiger partial charge in [0.1, 0.15) is 24.0 Å². The second kappa shape index (κ2) is 19.5. The lowest BCUT2D eigenvalue weighted by molar-refractivity contribution is -0.275. The monoisotopic (exact) mass is 828 g/mol. The van der Waals surface area contributed by atoms with Crippen molar-refractivity contribution in [1.29, 1.82) is 0 Å². The fourth-order valence-electron chi connectivity index (χ4n) is 6.42. The second-order valence-electron chi connectivity index (χ2n) is 13.8. The molecule has 312 valence electrons. The lowest BCUT2D eigenvalue weighted by atomic mass is 9.97. The number of carbonyl (C=O) groups is 4. The summed E-state index contributed by atoms with van der Waals surface area (Å²) >= 11 is 0. The molecular formula is C47H40O14. The highest BCUT2D eigenvalue weighted by Gasteiger charge is 2.54. The first-order valence-electron chi connectivity index (χ1n) is 19.4. The predicted octanol–water partition coefficient (Wildman–Crippen LogP) is 7.32. The van der Waals surface area contributed by atoms with Crippen molar-refractivity contribution in [2.45, 2.75) is 50.5 Å². The first kappa shape index (κ1) is 41.7. The highest BCUT2D eigenvalue weighted by Crippen LogP contribution is 2.36. The highest BCUT2D eigenvalue weighted by molar-refractivity contribution is 5.92. The van der Waals surface area contributed by atoms with E-state index >= 15 is 0 Å². The maximum absolute atomic E-state index is 13.9. The number of rotatable bonds is 15. The van der Waals surface area contributed by atoms with Crippen LogP contribution in [-0.2, 0) is 23.7 Å². The molecule has 1 fully saturated rings. The number of benzene rings is 5. The number of hydrogen-bond acceptors (Lipinski definition) is 14. The summed E-state index contributed by atoms with van der Waals surface area (Å²) in [5, 5.41) is 11.1. The third-order valence-electron chi connectivity index (χ3n) is 9.55. The van der Waals surface area contributed by atoms with Crippen molar-refractivity contribution in [2.24, 2.45) is 0 Å². The van der Waals surface area contributed by atoms with Gasteiger partial charge in [0.2, 0.25) is 18.1 Å². The normalized spacial score (nSPS) is 18.3. The molecule has 0 bridgehead atoms. The van der Waals surface area contributed by atoms with Crippen molar-refractivity contribution in [3.8, 4) is 17.2 Å².